The summed E-state index contributed by atoms with van der Waals surface area (Å²) in [6.07, 6.45) is 1.78. The summed E-state index contributed by atoms with van der Waals surface area (Å²) in [7, 11) is 1.55. The van der Waals surface area contributed by atoms with Crippen LogP contribution in [0.5, 0.6) is 0 Å². The quantitative estimate of drug-likeness (QED) is 0.866. The lowest BCUT2D eigenvalue weighted by atomic mass is 10.2. The summed E-state index contributed by atoms with van der Waals surface area (Å²) in [5, 5.41) is 9.22. The van der Waals surface area contributed by atoms with E-state index >= 15 is 0 Å². The number of carbonyl (C=O) groups is 2. The Hall–Kier alpha value is -1.52. The minimum Gasteiger partial charge on any atom is -0.478 e. The van der Waals surface area contributed by atoms with Crippen molar-refractivity contribution in [1.29, 1.82) is 0 Å². The van der Waals surface area contributed by atoms with Crippen LogP contribution in [0.25, 0.3) is 0 Å². The number of carboxylic acids is 1. The number of halogens is 2. The summed E-state index contributed by atoms with van der Waals surface area (Å²) >= 11 is 11.8. The molecule has 0 spiro atoms. The van der Waals surface area contributed by atoms with Gasteiger partial charge in [0.05, 0.1) is 10.0 Å². The number of rotatable bonds is 4. The van der Waals surface area contributed by atoms with Crippen LogP contribution >= 0.6 is 23.2 Å². The van der Waals surface area contributed by atoms with Crippen LogP contribution in [0, 0.1) is 0 Å². The Labute approximate surface area is 114 Å². The second kappa shape index (κ2) is 6.42. The molecule has 0 atom stereocenters. The average molecular weight is 288 g/mol. The number of benzene rings is 1. The van der Waals surface area contributed by atoms with E-state index in [9.17, 15) is 9.59 Å². The molecule has 1 N–H and O–H groups in total. The SMILES string of the molecule is CN(Cc1cccc(Cl)c1Cl)C(=O)/C=C/C(=O)O. The highest BCUT2D eigenvalue weighted by atomic mass is 35.5. The molecule has 96 valence electrons. The molecule has 1 aromatic carbocycles. The summed E-state index contributed by atoms with van der Waals surface area (Å²) < 4.78 is 0. The van der Waals surface area contributed by atoms with E-state index in [1.807, 2.05) is 0 Å². The van der Waals surface area contributed by atoms with Crippen LogP contribution in [0.4, 0.5) is 0 Å². The normalized spacial score (nSPS) is 10.6. The van der Waals surface area contributed by atoms with Gasteiger partial charge in [0.2, 0.25) is 5.91 Å². The third-order valence-corrected chi connectivity index (χ3v) is 3.04. The number of likely N-dealkylation sites (N-methyl/N-ethyl adjacent to an activating group) is 1. The summed E-state index contributed by atoms with van der Waals surface area (Å²) in [6.45, 7) is 0.252. The third kappa shape index (κ3) is 4.05. The molecule has 0 saturated heterocycles. The van der Waals surface area contributed by atoms with Gasteiger partial charge in [-0.1, -0.05) is 35.3 Å². The van der Waals surface area contributed by atoms with Crippen molar-refractivity contribution >= 4 is 35.1 Å². The first-order chi connectivity index (χ1) is 8.41. The van der Waals surface area contributed by atoms with E-state index in [2.05, 4.69) is 0 Å². The molecular formula is C12H11Cl2NO3. The molecule has 0 aromatic heterocycles. The Morgan fingerprint density at radius 3 is 2.61 bits per heavy atom. The van der Waals surface area contributed by atoms with Crippen molar-refractivity contribution < 1.29 is 14.7 Å². The van der Waals surface area contributed by atoms with Gasteiger partial charge in [-0.25, -0.2) is 4.79 Å². The first-order valence-corrected chi connectivity index (χ1v) is 5.76. The number of hydrogen-bond donors (Lipinski definition) is 1. The van der Waals surface area contributed by atoms with E-state index in [0.717, 1.165) is 12.2 Å². The zero-order valence-electron chi connectivity index (χ0n) is 9.56. The average Bonchev–Trinajstić information content (AvgIpc) is 2.31. The van der Waals surface area contributed by atoms with Crippen LogP contribution in [0.2, 0.25) is 10.0 Å². The van der Waals surface area contributed by atoms with E-state index < -0.39 is 11.9 Å². The lowest BCUT2D eigenvalue weighted by Crippen LogP contribution is -2.24. The predicted molar refractivity (Wildman–Crippen MR) is 69.7 cm³/mol. The Balaban J connectivity index is 2.75. The number of aliphatic carboxylic acids is 1. The Morgan fingerprint density at radius 1 is 1.33 bits per heavy atom. The smallest absolute Gasteiger partial charge is 0.328 e. The van der Waals surface area contributed by atoms with Gasteiger partial charge in [-0.15, -0.1) is 0 Å². The molecular weight excluding hydrogens is 277 g/mol. The Bertz CT molecular complexity index is 500. The zero-order chi connectivity index (χ0) is 13.7. The maximum Gasteiger partial charge on any atom is 0.328 e. The molecule has 0 unspecified atom stereocenters. The van der Waals surface area contributed by atoms with Gasteiger partial charge in [-0.2, -0.15) is 0 Å². The van der Waals surface area contributed by atoms with Gasteiger partial charge in [0.25, 0.3) is 0 Å². The van der Waals surface area contributed by atoms with Gasteiger partial charge in [-0.3, -0.25) is 4.79 Å². The molecule has 1 rings (SSSR count). The molecule has 0 bridgehead atoms. The van der Waals surface area contributed by atoms with Crippen molar-refractivity contribution in [3.05, 3.63) is 46.0 Å². The van der Waals surface area contributed by atoms with E-state index in [4.69, 9.17) is 28.3 Å². The molecule has 0 radical (unpaired) electrons. The van der Waals surface area contributed by atoms with Crippen molar-refractivity contribution in [2.45, 2.75) is 6.54 Å². The molecule has 1 aromatic rings. The van der Waals surface area contributed by atoms with Gasteiger partial charge in [0.15, 0.2) is 0 Å². The Kier molecular flexibility index (Phi) is 5.19. The van der Waals surface area contributed by atoms with Crippen LogP contribution in [0.3, 0.4) is 0 Å². The number of carbonyl (C=O) groups excluding carboxylic acids is 1. The highest BCUT2D eigenvalue weighted by Crippen LogP contribution is 2.26. The van der Waals surface area contributed by atoms with Gasteiger partial charge >= 0.3 is 5.97 Å². The maximum atomic E-state index is 11.5. The first kappa shape index (κ1) is 14.5. The van der Waals surface area contributed by atoms with Gasteiger partial charge < -0.3 is 10.0 Å². The number of carboxylic acid groups (broad SMARTS) is 1. The van der Waals surface area contributed by atoms with Crippen molar-refractivity contribution in [1.82, 2.24) is 4.90 Å². The molecule has 4 nitrogen and oxygen atoms in total. The maximum absolute atomic E-state index is 11.5. The predicted octanol–water partition coefficient (Wildman–Crippen LogP) is 2.59. The summed E-state index contributed by atoms with van der Waals surface area (Å²) in [6, 6.07) is 5.13. The van der Waals surface area contributed by atoms with Crippen LogP contribution in [-0.4, -0.2) is 28.9 Å². The van der Waals surface area contributed by atoms with Crippen LogP contribution in [-0.2, 0) is 16.1 Å². The van der Waals surface area contributed by atoms with E-state index in [0.29, 0.717) is 15.6 Å². The fourth-order valence-corrected chi connectivity index (χ4v) is 1.65. The van der Waals surface area contributed by atoms with Crippen molar-refractivity contribution in [2.24, 2.45) is 0 Å². The minimum absolute atomic E-state index is 0.252. The zero-order valence-corrected chi connectivity index (χ0v) is 11.1. The summed E-state index contributed by atoms with van der Waals surface area (Å²) in [4.78, 5) is 23.2. The monoisotopic (exact) mass is 287 g/mol. The van der Waals surface area contributed by atoms with Crippen LogP contribution in [0.1, 0.15) is 5.56 Å². The minimum atomic E-state index is -1.17. The second-order valence-electron chi connectivity index (χ2n) is 3.58. The molecule has 18 heavy (non-hydrogen) atoms. The fourth-order valence-electron chi connectivity index (χ4n) is 1.27. The molecule has 0 heterocycles. The molecule has 0 saturated carbocycles. The lowest BCUT2D eigenvalue weighted by molar-refractivity contribution is -0.132. The summed E-state index contributed by atoms with van der Waals surface area (Å²) in [5.41, 5.74) is 0.698. The molecule has 1 amide bonds. The fraction of sp³-hybridized carbons (Fsp3) is 0.167. The molecule has 0 aliphatic heterocycles. The van der Waals surface area contributed by atoms with E-state index in [-0.39, 0.29) is 6.54 Å². The van der Waals surface area contributed by atoms with Gasteiger partial charge in [-0.05, 0) is 11.6 Å². The molecule has 0 fully saturated rings. The largest absolute Gasteiger partial charge is 0.478 e. The Morgan fingerprint density at radius 2 is 2.00 bits per heavy atom. The lowest BCUT2D eigenvalue weighted by Gasteiger charge is -2.16. The van der Waals surface area contributed by atoms with Gasteiger partial charge in [0, 0.05) is 25.7 Å². The first-order valence-electron chi connectivity index (χ1n) is 5.01. The standard InChI is InChI=1S/C12H11Cl2NO3/c1-15(10(16)5-6-11(17)18)7-8-3-2-4-9(13)12(8)14/h2-6H,7H2,1H3,(H,17,18)/b6-5+. The summed E-state index contributed by atoms with van der Waals surface area (Å²) in [5.74, 6) is -1.59. The number of hydrogen-bond acceptors (Lipinski definition) is 2. The highest BCUT2D eigenvalue weighted by molar-refractivity contribution is 6.42. The molecule has 0 aliphatic carbocycles. The van der Waals surface area contributed by atoms with Crippen LogP contribution < -0.4 is 0 Å². The third-order valence-electron chi connectivity index (χ3n) is 2.18. The van der Waals surface area contributed by atoms with Crippen molar-refractivity contribution in [3.63, 3.8) is 0 Å². The van der Waals surface area contributed by atoms with E-state index in [1.165, 1.54) is 4.90 Å². The number of amides is 1. The topological polar surface area (TPSA) is 57.6 Å². The van der Waals surface area contributed by atoms with Crippen molar-refractivity contribution in [3.8, 4) is 0 Å². The number of nitrogens with zero attached hydrogens (tertiary/aromatic N) is 1. The second-order valence-corrected chi connectivity index (χ2v) is 4.36. The molecule has 0 aliphatic rings. The van der Waals surface area contributed by atoms with Crippen LogP contribution in [0.15, 0.2) is 30.4 Å². The highest BCUT2D eigenvalue weighted by Gasteiger charge is 2.10. The van der Waals surface area contributed by atoms with E-state index in [1.54, 1.807) is 25.2 Å². The van der Waals surface area contributed by atoms with Gasteiger partial charge in [0.1, 0.15) is 0 Å². The van der Waals surface area contributed by atoms with Crippen molar-refractivity contribution in [2.75, 3.05) is 7.05 Å². The molecule has 6 heteroatoms.